The second kappa shape index (κ2) is 8.22. The van der Waals surface area contributed by atoms with E-state index in [1.807, 2.05) is 0 Å². The van der Waals surface area contributed by atoms with Crippen LogP contribution in [0.5, 0.6) is 0 Å². The standard InChI is InChI=1S/C15H20F2N2O3S.ClH/c16-14(17)23(21,22)9-11-3-5-12(6-4-11)13(20)19-15(10-18)7-1-2-8-15;/h3-6,14H,1-2,7-10,18H2,(H,19,20);1H. The summed E-state index contributed by atoms with van der Waals surface area (Å²) in [4.78, 5) is 12.3. The number of rotatable bonds is 6. The fourth-order valence-electron chi connectivity index (χ4n) is 2.79. The highest BCUT2D eigenvalue weighted by Crippen LogP contribution is 2.29. The molecule has 136 valence electrons. The maximum absolute atomic E-state index is 12.4. The highest BCUT2D eigenvalue weighted by atomic mass is 35.5. The van der Waals surface area contributed by atoms with Crippen molar-refractivity contribution in [2.24, 2.45) is 5.73 Å². The van der Waals surface area contributed by atoms with Crippen LogP contribution in [0.1, 0.15) is 41.6 Å². The minimum absolute atomic E-state index is 0. The molecule has 0 radical (unpaired) electrons. The number of amides is 1. The lowest BCUT2D eigenvalue weighted by molar-refractivity contribution is 0.0903. The molecule has 24 heavy (non-hydrogen) atoms. The number of alkyl halides is 2. The van der Waals surface area contributed by atoms with Crippen LogP contribution in [0.2, 0.25) is 0 Å². The van der Waals surface area contributed by atoms with Crippen LogP contribution >= 0.6 is 12.4 Å². The molecule has 1 aromatic rings. The van der Waals surface area contributed by atoms with Crippen LogP contribution in [0.4, 0.5) is 8.78 Å². The highest BCUT2D eigenvalue weighted by molar-refractivity contribution is 7.90. The second-order valence-corrected chi connectivity index (χ2v) is 7.88. The van der Waals surface area contributed by atoms with E-state index in [4.69, 9.17) is 5.73 Å². The summed E-state index contributed by atoms with van der Waals surface area (Å²) in [6.45, 7) is 0.365. The van der Waals surface area contributed by atoms with Gasteiger partial charge >= 0.3 is 5.76 Å². The first-order valence-corrected chi connectivity index (χ1v) is 9.11. The van der Waals surface area contributed by atoms with Gasteiger partial charge in [0.25, 0.3) is 5.91 Å². The minimum atomic E-state index is -4.47. The van der Waals surface area contributed by atoms with Gasteiger partial charge in [-0.2, -0.15) is 8.78 Å². The number of nitrogens with two attached hydrogens (primary N) is 1. The van der Waals surface area contributed by atoms with Gasteiger partial charge in [-0.1, -0.05) is 25.0 Å². The lowest BCUT2D eigenvalue weighted by Crippen LogP contribution is -2.51. The molecule has 0 aliphatic heterocycles. The molecule has 0 bridgehead atoms. The Balaban J connectivity index is 0.00000288. The minimum Gasteiger partial charge on any atom is -0.345 e. The van der Waals surface area contributed by atoms with E-state index in [9.17, 15) is 22.0 Å². The predicted molar refractivity (Wildman–Crippen MR) is 90.0 cm³/mol. The maximum Gasteiger partial charge on any atom is 0.337 e. The van der Waals surface area contributed by atoms with Crippen LogP contribution in [-0.2, 0) is 15.6 Å². The molecule has 1 aliphatic rings. The summed E-state index contributed by atoms with van der Waals surface area (Å²) >= 11 is 0. The van der Waals surface area contributed by atoms with E-state index in [0.717, 1.165) is 25.7 Å². The third-order valence-electron chi connectivity index (χ3n) is 4.19. The lowest BCUT2D eigenvalue weighted by Gasteiger charge is -2.28. The summed E-state index contributed by atoms with van der Waals surface area (Å²) in [6, 6.07) is 5.62. The Kier molecular flexibility index (Phi) is 7.12. The first-order valence-electron chi connectivity index (χ1n) is 7.39. The van der Waals surface area contributed by atoms with Gasteiger partial charge < -0.3 is 11.1 Å². The van der Waals surface area contributed by atoms with Crippen molar-refractivity contribution in [3.05, 3.63) is 35.4 Å². The molecule has 1 aromatic carbocycles. The zero-order chi connectivity index (χ0) is 17.1. The molecule has 0 heterocycles. The van der Waals surface area contributed by atoms with Crippen molar-refractivity contribution in [3.63, 3.8) is 0 Å². The van der Waals surface area contributed by atoms with Crippen LogP contribution in [0.15, 0.2) is 24.3 Å². The smallest absolute Gasteiger partial charge is 0.337 e. The molecule has 5 nitrogen and oxygen atoms in total. The number of hydrogen-bond acceptors (Lipinski definition) is 4. The molecule has 0 spiro atoms. The number of halogens is 3. The monoisotopic (exact) mass is 382 g/mol. The summed E-state index contributed by atoms with van der Waals surface area (Å²) in [6.07, 6.45) is 3.70. The zero-order valence-electron chi connectivity index (χ0n) is 13.0. The van der Waals surface area contributed by atoms with Gasteiger partial charge in [-0.05, 0) is 30.5 Å². The van der Waals surface area contributed by atoms with E-state index in [1.165, 1.54) is 24.3 Å². The Morgan fingerprint density at radius 3 is 2.21 bits per heavy atom. The van der Waals surface area contributed by atoms with Gasteiger partial charge in [-0.3, -0.25) is 4.79 Å². The molecule has 3 N–H and O–H groups in total. The summed E-state index contributed by atoms with van der Waals surface area (Å²) < 4.78 is 47.1. The van der Waals surface area contributed by atoms with E-state index in [1.54, 1.807) is 0 Å². The largest absolute Gasteiger partial charge is 0.345 e. The van der Waals surface area contributed by atoms with Crippen LogP contribution in [-0.4, -0.2) is 32.2 Å². The maximum atomic E-state index is 12.4. The number of carbonyl (C=O) groups is 1. The predicted octanol–water partition coefficient (Wildman–Crippen LogP) is 2.25. The Bertz CT molecular complexity index is 660. The molecule has 1 aliphatic carbocycles. The van der Waals surface area contributed by atoms with Gasteiger partial charge in [0.05, 0.1) is 11.3 Å². The average molecular weight is 383 g/mol. The van der Waals surface area contributed by atoms with Crippen molar-refractivity contribution >= 4 is 28.2 Å². The van der Waals surface area contributed by atoms with Gasteiger partial charge in [0.1, 0.15) is 0 Å². The quantitative estimate of drug-likeness (QED) is 0.789. The average Bonchev–Trinajstić information content (AvgIpc) is 2.96. The van der Waals surface area contributed by atoms with Gasteiger partial charge in [0.2, 0.25) is 9.84 Å². The topological polar surface area (TPSA) is 89.3 Å². The van der Waals surface area contributed by atoms with Crippen molar-refractivity contribution in [1.29, 1.82) is 0 Å². The SMILES string of the molecule is Cl.NCC1(NC(=O)c2ccc(CS(=O)(=O)C(F)F)cc2)CCCC1. The fourth-order valence-corrected chi connectivity index (χ4v) is 3.58. The number of hydrogen-bond donors (Lipinski definition) is 2. The Labute approximate surface area is 146 Å². The third-order valence-corrected chi connectivity index (χ3v) is 5.46. The molecule has 9 heteroatoms. The van der Waals surface area contributed by atoms with Crippen LogP contribution in [0.3, 0.4) is 0 Å². The number of sulfone groups is 1. The normalized spacial score (nSPS) is 16.7. The second-order valence-electron chi connectivity index (χ2n) is 5.91. The fraction of sp³-hybridized carbons (Fsp3) is 0.533. The molecule has 2 rings (SSSR count). The molecular weight excluding hydrogens is 362 g/mol. The van der Waals surface area contributed by atoms with E-state index >= 15 is 0 Å². The van der Waals surface area contributed by atoms with Crippen molar-refractivity contribution in [2.45, 2.75) is 42.7 Å². The van der Waals surface area contributed by atoms with Crippen LogP contribution < -0.4 is 11.1 Å². The Morgan fingerprint density at radius 2 is 1.75 bits per heavy atom. The molecule has 0 atom stereocenters. The zero-order valence-corrected chi connectivity index (χ0v) is 14.6. The van der Waals surface area contributed by atoms with E-state index in [0.29, 0.717) is 12.1 Å². The van der Waals surface area contributed by atoms with Crippen LogP contribution in [0, 0.1) is 0 Å². The van der Waals surface area contributed by atoms with Crippen molar-refractivity contribution in [2.75, 3.05) is 6.54 Å². The van der Waals surface area contributed by atoms with Crippen molar-refractivity contribution in [1.82, 2.24) is 5.32 Å². The summed E-state index contributed by atoms with van der Waals surface area (Å²) in [7, 11) is -4.47. The molecule has 0 saturated heterocycles. The highest BCUT2D eigenvalue weighted by Gasteiger charge is 2.34. The van der Waals surface area contributed by atoms with Gasteiger partial charge in [-0.25, -0.2) is 8.42 Å². The van der Waals surface area contributed by atoms with Crippen LogP contribution in [0.25, 0.3) is 0 Å². The van der Waals surface area contributed by atoms with Gasteiger partial charge in [-0.15, -0.1) is 12.4 Å². The molecule has 1 saturated carbocycles. The summed E-state index contributed by atoms with van der Waals surface area (Å²) in [5, 5.41) is 2.94. The van der Waals surface area contributed by atoms with E-state index < -0.39 is 21.3 Å². The van der Waals surface area contributed by atoms with Gasteiger partial charge in [0, 0.05) is 12.1 Å². The van der Waals surface area contributed by atoms with Crippen molar-refractivity contribution < 1.29 is 22.0 Å². The molecule has 1 fully saturated rings. The number of nitrogens with one attached hydrogen (secondary N) is 1. The lowest BCUT2D eigenvalue weighted by atomic mass is 9.97. The molecule has 0 unspecified atom stereocenters. The molecule has 1 amide bonds. The van der Waals surface area contributed by atoms with Gasteiger partial charge in [0.15, 0.2) is 0 Å². The van der Waals surface area contributed by atoms with E-state index in [2.05, 4.69) is 5.32 Å². The Morgan fingerprint density at radius 1 is 1.21 bits per heavy atom. The molecular formula is C15H21ClF2N2O3S. The summed E-state index contributed by atoms with van der Waals surface area (Å²) in [5.41, 5.74) is 5.95. The Hall–Kier alpha value is -1.25. The third kappa shape index (κ3) is 4.87. The van der Waals surface area contributed by atoms with E-state index in [-0.39, 0.29) is 29.4 Å². The first-order chi connectivity index (χ1) is 10.8. The number of carbonyl (C=O) groups excluding carboxylic acids is 1. The van der Waals surface area contributed by atoms with Crippen molar-refractivity contribution in [3.8, 4) is 0 Å². The molecule has 0 aromatic heterocycles. The first kappa shape index (κ1) is 20.8. The number of benzene rings is 1. The summed E-state index contributed by atoms with van der Waals surface area (Å²) in [5.74, 6) is -4.45.